The Morgan fingerprint density at radius 3 is 2.81 bits per heavy atom. The molecule has 1 aromatic carbocycles. The third kappa shape index (κ3) is 3.42. The second-order valence-electron chi connectivity index (χ2n) is 5.09. The summed E-state index contributed by atoms with van der Waals surface area (Å²) in [4.78, 5) is 15.9. The molecule has 5 heteroatoms. The van der Waals surface area contributed by atoms with Gasteiger partial charge in [-0.2, -0.15) is 0 Å². The van der Waals surface area contributed by atoms with E-state index in [9.17, 15) is 4.79 Å². The van der Waals surface area contributed by atoms with Crippen molar-refractivity contribution in [1.29, 1.82) is 0 Å². The van der Waals surface area contributed by atoms with Gasteiger partial charge in [0.05, 0.1) is 12.8 Å². The van der Waals surface area contributed by atoms with Crippen LogP contribution in [0.1, 0.15) is 17.5 Å². The normalized spacial score (nSPS) is 19.0. The fraction of sp³-hybridized carbons (Fsp3) is 0.375. The number of carboxylic acid groups (broad SMARTS) is 1. The Labute approximate surface area is 123 Å². The van der Waals surface area contributed by atoms with E-state index in [1.165, 1.54) is 12.7 Å². The summed E-state index contributed by atoms with van der Waals surface area (Å²) in [6.45, 7) is 3.61. The Hall–Kier alpha value is -2.30. The second-order valence-corrected chi connectivity index (χ2v) is 5.09. The molecule has 1 aromatic rings. The SMILES string of the molecule is C=C(CC1Cc2cc(OC)ccc2CC1=NOC)C(=O)O. The largest absolute Gasteiger partial charge is 0.497 e. The predicted octanol–water partition coefficient (Wildman–Crippen LogP) is 2.44. The Bertz CT molecular complexity index is 592. The first kappa shape index (κ1) is 15.1. The van der Waals surface area contributed by atoms with Gasteiger partial charge in [-0.3, -0.25) is 0 Å². The molecular formula is C16H19NO4. The molecule has 1 N–H and O–H groups in total. The first-order chi connectivity index (χ1) is 10.0. The number of rotatable bonds is 5. The number of carboxylic acids is 1. The summed E-state index contributed by atoms with van der Waals surface area (Å²) in [6, 6.07) is 5.93. The van der Waals surface area contributed by atoms with Gasteiger partial charge in [0.15, 0.2) is 0 Å². The summed E-state index contributed by atoms with van der Waals surface area (Å²) in [5.41, 5.74) is 3.38. The topological polar surface area (TPSA) is 68.1 Å². The lowest BCUT2D eigenvalue weighted by atomic mass is 9.79. The smallest absolute Gasteiger partial charge is 0.330 e. The van der Waals surface area contributed by atoms with Crippen LogP contribution in [-0.2, 0) is 22.5 Å². The van der Waals surface area contributed by atoms with Crippen LogP contribution in [0, 0.1) is 5.92 Å². The van der Waals surface area contributed by atoms with E-state index in [0.29, 0.717) is 19.3 Å². The molecule has 1 atom stereocenters. The van der Waals surface area contributed by atoms with Crippen molar-refractivity contribution in [3.8, 4) is 5.75 Å². The van der Waals surface area contributed by atoms with Crippen LogP contribution in [0.4, 0.5) is 0 Å². The van der Waals surface area contributed by atoms with Gasteiger partial charge in [0.2, 0.25) is 0 Å². The molecule has 21 heavy (non-hydrogen) atoms. The predicted molar refractivity (Wildman–Crippen MR) is 79.7 cm³/mol. The van der Waals surface area contributed by atoms with Crippen molar-refractivity contribution in [2.75, 3.05) is 14.2 Å². The van der Waals surface area contributed by atoms with E-state index >= 15 is 0 Å². The first-order valence-electron chi connectivity index (χ1n) is 6.72. The highest BCUT2D eigenvalue weighted by Crippen LogP contribution is 2.30. The number of ether oxygens (including phenoxy) is 1. The van der Waals surface area contributed by atoms with Gasteiger partial charge in [0.1, 0.15) is 12.9 Å². The molecule has 0 aliphatic heterocycles. The molecule has 1 unspecified atom stereocenters. The lowest BCUT2D eigenvalue weighted by Gasteiger charge is -2.26. The van der Waals surface area contributed by atoms with Crippen LogP contribution in [0.15, 0.2) is 35.5 Å². The van der Waals surface area contributed by atoms with Crippen LogP contribution in [0.3, 0.4) is 0 Å². The van der Waals surface area contributed by atoms with Crippen molar-refractivity contribution in [2.45, 2.75) is 19.3 Å². The molecule has 5 nitrogen and oxygen atoms in total. The zero-order valence-electron chi connectivity index (χ0n) is 12.3. The Morgan fingerprint density at radius 1 is 1.43 bits per heavy atom. The monoisotopic (exact) mass is 289 g/mol. The summed E-state index contributed by atoms with van der Waals surface area (Å²) in [6.07, 6.45) is 1.74. The van der Waals surface area contributed by atoms with Crippen LogP contribution in [-0.4, -0.2) is 31.0 Å². The summed E-state index contributed by atoms with van der Waals surface area (Å²) in [7, 11) is 3.13. The molecule has 0 fully saturated rings. The average Bonchev–Trinajstić information content (AvgIpc) is 2.47. The minimum Gasteiger partial charge on any atom is -0.497 e. The Balaban J connectivity index is 2.28. The zero-order valence-corrected chi connectivity index (χ0v) is 12.3. The highest BCUT2D eigenvalue weighted by molar-refractivity contribution is 5.93. The number of methoxy groups -OCH3 is 1. The van der Waals surface area contributed by atoms with Crippen LogP contribution in [0.2, 0.25) is 0 Å². The van der Waals surface area contributed by atoms with Gasteiger partial charge < -0.3 is 14.7 Å². The molecule has 0 aromatic heterocycles. The van der Waals surface area contributed by atoms with Crippen molar-refractivity contribution >= 4 is 11.7 Å². The van der Waals surface area contributed by atoms with E-state index < -0.39 is 5.97 Å². The third-order valence-corrected chi connectivity index (χ3v) is 3.73. The highest BCUT2D eigenvalue weighted by atomic mass is 16.6. The molecule has 0 heterocycles. The van der Waals surface area contributed by atoms with Gasteiger partial charge >= 0.3 is 5.97 Å². The molecule has 0 saturated heterocycles. The van der Waals surface area contributed by atoms with Crippen LogP contribution in [0.25, 0.3) is 0 Å². The number of nitrogens with zero attached hydrogens (tertiary/aromatic N) is 1. The number of fused-ring (bicyclic) bond motifs is 1. The van der Waals surface area contributed by atoms with E-state index in [4.69, 9.17) is 14.7 Å². The van der Waals surface area contributed by atoms with Crippen molar-refractivity contribution in [3.63, 3.8) is 0 Å². The fourth-order valence-corrected chi connectivity index (χ4v) is 2.61. The maximum atomic E-state index is 11.0. The van der Waals surface area contributed by atoms with E-state index in [1.807, 2.05) is 18.2 Å². The Kier molecular flexibility index (Phi) is 4.62. The summed E-state index contributed by atoms with van der Waals surface area (Å²) < 4.78 is 5.24. The van der Waals surface area contributed by atoms with Crippen molar-refractivity contribution in [3.05, 3.63) is 41.5 Å². The number of carbonyl (C=O) groups is 1. The number of benzene rings is 1. The number of hydrogen-bond acceptors (Lipinski definition) is 4. The van der Waals surface area contributed by atoms with Gasteiger partial charge in [-0.05, 0) is 36.1 Å². The molecule has 0 amide bonds. The van der Waals surface area contributed by atoms with E-state index in [-0.39, 0.29) is 11.5 Å². The van der Waals surface area contributed by atoms with Gasteiger partial charge in [0, 0.05) is 17.9 Å². The number of aliphatic carboxylic acids is 1. The quantitative estimate of drug-likeness (QED) is 0.668. The standard InChI is InChI=1S/C16H19NO4/c1-10(16(18)19)6-13-7-12-8-14(20-2)5-4-11(12)9-15(13)17-21-3/h4-5,8,13H,1,6-7,9H2,2-3H3,(H,18,19). The van der Waals surface area contributed by atoms with Crippen LogP contribution in [0.5, 0.6) is 5.75 Å². The van der Waals surface area contributed by atoms with Crippen molar-refractivity contribution < 1.29 is 19.5 Å². The lowest BCUT2D eigenvalue weighted by molar-refractivity contribution is -0.132. The third-order valence-electron chi connectivity index (χ3n) is 3.73. The second kappa shape index (κ2) is 6.43. The van der Waals surface area contributed by atoms with Gasteiger partial charge in [-0.1, -0.05) is 17.8 Å². The molecule has 0 radical (unpaired) electrons. The fourth-order valence-electron chi connectivity index (χ4n) is 2.61. The molecule has 0 saturated carbocycles. The maximum Gasteiger partial charge on any atom is 0.330 e. The maximum absolute atomic E-state index is 11.0. The highest BCUT2D eigenvalue weighted by Gasteiger charge is 2.27. The minimum atomic E-state index is -0.969. The van der Waals surface area contributed by atoms with E-state index in [2.05, 4.69) is 11.7 Å². The van der Waals surface area contributed by atoms with Gasteiger partial charge in [-0.25, -0.2) is 4.79 Å². The minimum absolute atomic E-state index is 0.00634. The number of hydrogen-bond donors (Lipinski definition) is 1. The van der Waals surface area contributed by atoms with Gasteiger partial charge in [0.25, 0.3) is 0 Å². The molecule has 0 spiro atoms. The Morgan fingerprint density at radius 2 is 2.19 bits per heavy atom. The molecule has 1 aliphatic carbocycles. The molecule has 1 aliphatic rings. The lowest BCUT2D eigenvalue weighted by Crippen LogP contribution is -2.27. The molecule has 2 rings (SSSR count). The molecular weight excluding hydrogens is 270 g/mol. The summed E-state index contributed by atoms with van der Waals surface area (Å²) in [5, 5.41) is 13.1. The van der Waals surface area contributed by atoms with Crippen LogP contribution >= 0.6 is 0 Å². The van der Waals surface area contributed by atoms with Crippen molar-refractivity contribution in [1.82, 2.24) is 0 Å². The number of oxime groups is 1. The molecule has 0 bridgehead atoms. The first-order valence-corrected chi connectivity index (χ1v) is 6.72. The average molecular weight is 289 g/mol. The van der Waals surface area contributed by atoms with E-state index in [1.54, 1.807) is 7.11 Å². The van der Waals surface area contributed by atoms with Crippen molar-refractivity contribution in [2.24, 2.45) is 11.1 Å². The molecule has 112 valence electrons. The van der Waals surface area contributed by atoms with Crippen LogP contribution < -0.4 is 4.74 Å². The zero-order chi connectivity index (χ0) is 15.4. The van der Waals surface area contributed by atoms with Gasteiger partial charge in [-0.15, -0.1) is 0 Å². The summed E-state index contributed by atoms with van der Waals surface area (Å²) >= 11 is 0. The van der Waals surface area contributed by atoms with E-state index in [0.717, 1.165) is 17.0 Å². The summed E-state index contributed by atoms with van der Waals surface area (Å²) in [5.74, 6) is -0.173.